The van der Waals surface area contributed by atoms with Gasteiger partial charge >= 0.3 is 0 Å². The summed E-state index contributed by atoms with van der Waals surface area (Å²) in [6.45, 7) is 0. The summed E-state index contributed by atoms with van der Waals surface area (Å²) in [5.41, 5.74) is 7.38. The number of hydrogen-bond donors (Lipinski definition) is 1. The topological polar surface area (TPSA) is 35.2 Å². The highest BCUT2D eigenvalue weighted by molar-refractivity contribution is 7.16. The van der Waals surface area contributed by atoms with Crippen LogP contribution in [0.5, 0.6) is 5.75 Å². The van der Waals surface area contributed by atoms with Gasteiger partial charge < -0.3 is 10.5 Å². The fourth-order valence-corrected chi connectivity index (χ4v) is 3.04. The summed E-state index contributed by atoms with van der Waals surface area (Å²) in [5, 5.41) is 0. The number of methoxy groups -OCH3 is 1. The molecule has 1 aromatic carbocycles. The fourth-order valence-electron chi connectivity index (χ4n) is 1.86. The molecule has 0 aliphatic heterocycles. The van der Waals surface area contributed by atoms with Crippen LogP contribution in [0.15, 0.2) is 36.4 Å². The molecule has 0 spiro atoms. The van der Waals surface area contributed by atoms with Gasteiger partial charge in [0.15, 0.2) is 0 Å². The number of halogens is 1. The van der Waals surface area contributed by atoms with Gasteiger partial charge in [-0.1, -0.05) is 23.7 Å². The Balaban J connectivity index is 1.91. The quantitative estimate of drug-likeness (QED) is 0.910. The summed E-state index contributed by atoms with van der Waals surface area (Å²) >= 11 is 7.50. The van der Waals surface area contributed by atoms with Crippen molar-refractivity contribution in [2.75, 3.05) is 7.11 Å². The van der Waals surface area contributed by atoms with Crippen LogP contribution in [-0.2, 0) is 12.8 Å². The third kappa shape index (κ3) is 3.73. The van der Waals surface area contributed by atoms with E-state index < -0.39 is 0 Å². The molecule has 18 heavy (non-hydrogen) atoms. The second-order valence-corrected chi connectivity index (χ2v) is 6.02. The highest BCUT2D eigenvalue weighted by Crippen LogP contribution is 2.23. The number of ether oxygens (including phenoxy) is 1. The minimum atomic E-state index is 0.119. The molecule has 2 N–H and O–H groups in total. The summed E-state index contributed by atoms with van der Waals surface area (Å²) in [6, 6.07) is 12.1. The van der Waals surface area contributed by atoms with Crippen molar-refractivity contribution in [2.45, 2.75) is 18.9 Å². The average molecular weight is 282 g/mol. The van der Waals surface area contributed by atoms with Crippen LogP contribution in [0.1, 0.15) is 10.4 Å². The maximum Gasteiger partial charge on any atom is 0.118 e. The Bertz CT molecular complexity index is 495. The molecule has 96 valence electrons. The summed E-state index contributed by atoms with van der Waals surface area (Å²) < 4.78 is 5.95. The van der Waals surface area contributed by atoms with E-state index in [0.29, 0.717) is 0 Å². The first-order valence-corrected chi connectivity index (χ1v) is 6.99. The van der Waals surface area contributed by atoms with E-state index in [0.717, 1.165) is 22.9 Å². The van der Waals surface area contributed by atoms with Crippen LogP contribution < -0.4 is 10.5 Å². The molecule has 0 radical (unpaired) electrons. The highest BCUT2D eigenvalue weighted by atomic mass is 35.5. The Kier molecular flexibility index (Phi) is 4.64. The molecular formula is C14H16ClNOS. The van der Waals surface area contributed by atoms with Crippen molar-refractivity contribution in [3.8, 4) is 5.75 Å². The van der Waals surface area contributed by atoms with Crippen LogP contribution in [0.2, 0.25) is 4.34 Å². The maximum atomic E-state index is 6.15. The summed E-state index contributed by atoms with van der Waals surface area (Å²) in [4.78, 5) is 1.24. The molecule has 0 bridgehead atoms. The van der Waals surface area contributed by atoms with Gasteiger partial charge in [0.2, 0.25) is 0 Å². The van der Waals surface area contributed by atoms with E-state index in [2.05, 4.69) is 12.1 Å². The lowest BCUT2D eigenvalue weighted by Crippen LogP contribution is -2.25. The SMILES string of the molecule is COc1ccc(CC(N)Cc2ccc(Cl)s2)cc1. The molecule has 1 atom stereocenters. The van der Waals surface area contributed by atoms with Crippen molar-refractivity contribution in [3.63, 3.8) is 0 Å². The zero-order valence-electron chi connectivity index (χ0n) is 10.2. The van der Waals surface area contributed by atoms with E-state index in [1.807, 2.05) is 24.3 Å². The van der Waals surface area contributed by atoms with Crippen LogP contribution in [0, 0.1) is 0 Å². The molecule has 1 aromatic heterocycles. The minimum absolute atomic E-state index is 0.119. The third-order valence-electron chi connectivity index (χ3n) is 2.75. The zero-order chi connectivity index (χ0) is 13.0. The minimum Gasteiger partial charge on any atom is -0.497 e. The maximum absolute atomic E-state index is 6.15. The first-order chi connectivity index (χ1) is 8.67. The second kappa shape index (κ2) is 6.23. The number of benzene rings is 1. The monoisotopic (exact) mass is 281 g/mol. The van der Waals surface area contributed by atoms with Gasteiger partial charge in [0, 0.05) is 10.9 Å². The first-order valence-electron chi connectivity index (χ1n) is 5.80. The molecule has 0 aliphatic rings. The van der Waals surface area contributed by atoms with Crippen molar-refractivity contribution in [2.24, 2.45) is 5.73 Å². The first kappa shape index (κ1) is 13.4. The molecule has 0 saturated carbocycles. The van der Waals surface area contributed by atoms with Gasteiger partial charge in [0.1, 0.15) is 5.75 Å². The summed E-state index contributed by atoms with van der Waals surface area (Å²) in [6.07, 6.45) is 1.73. The Labute approximate surface area is 116 Å². The van der Waals surface area contributed by atoms with Gasteiger partial charge in [-0.15, -0.1) is 11.3 Å². The normalized spacial score (nSPS) is 12.4. The van der Waals surface area contributed by atoms with E-state index in [1.165, 1.54) is 10.4 Å². The van der Waals surface area contributed by atoms with E-state index in [1.54, 1.807) is 18.4 Å². The lowest BCUT2D eigenvalue weighted by atomic mass is 10.0. The summed E-state index contributed by atoms with van der Waals surface area (Å²) in [5.74, 6) is 0.873. The molecule has 4 heteroatoms. The van der Waals surface area contributed by atoms with E-state index in [9.17, 15) is 0 Å². The molecule has 1 unspecified atom stereocenters. The van der Waals surface area contributed by atoms with E-state index in [-0.39, 0.29) is 6.04 Å². The molecule has 0 amide bonds. The predicted octanol–water partition coefficient (Wildman–Crippen LogP) is 3.52. The lowest BCUT2D eigenvalue weighted by Gasteiger charge is -2.10. The molecule has 2 nitrogen and oxygen atoms in total. The smallest absolute Gasteiger partial charge is 0.118 e. The van der Waals surface area contributed by atoms with Crippen molar-refractivity contribution in [1.29, 1.82) is 0 Å². The molecule has 1 heterocycles. The van der Waals surface area contributed by atoms with Crippen LogP contribution in [0.4, 0.5) is 0 Å². The van der Waals surface area contributed by atoms with Crippen molar-refractivity contribution < 1.29 is 4.74 Å². The van der Waals surface area contributed by atoms with Gasteiger partial charge in [-0.25, -0.2) is 0 Å². The number of thiophene rings is 1. The molecule has 2 aromatic rings. The Morgan fingerprint density at radius 1 is 1.17 bits per heavy atom. The van der Waals surface area contributed by atoms with Crippen molar-refractivity contribution >= 4 is 22.9 Å². The fraction of sp³-hybridized carbons (Fsp3) is 0.286. The van der Waals surface area contributed by atoms with Crippen LogP contribution in [0.25, 0.3) is 0 Å². The van der Waals surface area contributed by atoms with E-state index in [4.69, 9.17) is 22.1 Å². The zero-order valence-corrected chi connectivity index (χ0v) is 11.8. The molecule has 2 rings (SSSR count). The largest absolute Gasteiger partial charge is 0.497 e. The number of rotatable bonds is 5. The third-order valence-corrected chi connectivity index (χ3v) is 4.00. The molecular weight excluding hydrogens is 266 g/mol. The van der Waals surface area contributed by atoms with Gasteiger partial charge in [0.25, 0.3) is 0 Å². The van der Waals surface area contributed by atoms with Crippen molar-refractivity contribution in [1.82, 2.24) is 0 Å². The van der Waals surface area contributed by atoms with Crippen molar-refractivity contribution in [3.05, 3.63) is 51.2 Å². The molecule has 0 saturated heterocycles. The lowest BCUT2D eigenvalue weighted by molar-refractivity contribution is 0.414. The number of hydrogen-bond acceptors (Lipinski definition) is 3. The van der Waals surface area contributed by atoms with Gasteiger partial charge in [-0.05, 0) is 42.7 Å². The number of nitrogens with two attached hydrogens (primary N) is 1. The Morgan fingerprint density at radius 2 is 1.89 bits per heavy atom. The molecule has 0 aliphatic carbocycles. The van der Waals surface area contributed by atoms with Gasteiger partial charge in [-0.2, -0.15) is 0 Å². The van der Waals surface area contributed by atoms with Crippen LogP contribution in [0.3, 0.4) is 0 Å². The van der Waals surface area contributed by atoms with Gasteiger partial charge in [-0.3, -0.25) is 0 Å². The van der Waals surface area contributed by atoms with Crippen LogP contribution >= 0.6 is 22.9 Å². The standard InChI is InChI=1S/C14H16ClNOS/c1-17-12-4-2-10(3-5-12)8-11(16)9-13-6-7-14(15)18-13/h2-7,11H,8-9,16H2,1H3. The summed E-state index contributed by atoms with van der Waals surface area (Å²) in [7, 11) is 1.67. The Morgan fingerprint density at radius 3 is 2.44 bits per heavy atom. The van der Waals surface area contributed by atoms with Crippen LogP contribution in [-0.4, -0.2) is 13.2 Å². The van der Waals surface area contributed by atoms with E-state index >= 15 is 0 Å². The highest BCUT2D eigenvalue weighted by Gasteiger charge is 2.07. The predicted molar refractivity (Wildman–Crippen MR) is 77.7 cm³/mol. The second-order valence-electron chi connectivity index (χ2n) is 4.22. The Hall–Kier alpha value is -1.03. The van der Waals surface area contributed by atoms with Gasteiger partial charge in [0.05, 0.1) is 11.4 Å². The molecule has 0 fully saturated rings. The average Bonchev–Trinajstić information content (AvgIpc) is 2.75.